The fourth-order valence-corrected chi connectivity index (χ4v) is 2.76. The van der Waals surface area contributed by atoms with Gasteiger partial charge in [-0.2, -0.15) is 22.0 Å². The van der Waals surface area contributed by atoms with E-state index in [0.29, 0.717) is 5.56 Å². The van der Waals surface area contributed by atoms with Gasteiger partial charge < -0.3 is 14.5 Å². The molecule has 0 atom stereocenters. The van der Waals surface area contributed by atoms with Crippen LogP contribution in [0.5, 0.6) is 17.4 Å². The highest BCUT2D eigenvalue weighted by Gasteiger charge is 2.62. The standard InChI is InChI=1S/C19H12ClF5N4O3/c1-3-9-4-5-10(8-11(9)20)32-13-14(18(21,22)19(23,24)25)28-15(29-16(13)30)12-17(31-2)27-7-6-26-12/h3-8H,1H2,2H3,(H,28,29,30). The van der Waals surface area contributed by atoms with Crippen LogP contribution in [0.15, 0.2) is 42.0 Å². The molecule has 32 heavy (non-hydrogen) atoms. The number of hydrogen-bond acceptors (Lipinski definition) is 6. The van der Waals surface area contributed by atoms with Crippen LogP contribution in [0, 0.1) is 0 Å². The van der Waals surface area contributed by atoms with E-state index in [4.69, 9.17) is 21.1 Å². The number of H-pyrrole nitrogens is 1. The summed E-state index contributed by atoms with van der Waals surface area (Å²) in [4.78, 5) is 25.5. The summed E-state index contributed by atoms with van der Waals surface area (Å²) < 4.78 is 78.2. The number of nitrogens with zero attached hydrogens (tertiary/aromatic N) is 3. The van der Waals surface area contributed by atoms with Crippen LogP contribution in [0.4, 0.5) is 22.0 Å². The molecule has 0 fully saturated rings. The van der Waals surface area contributed by atoms with Gasteiger partial charge >= 0.3 is 12.1 Å². The van der Waals surface area contributed by atoms with Gasteiger partial charge in [0.1, 0.15) is 5.75 Å². The van der Waals surface area contributed by atoms with Crippen molar-refractivity contribution in [2.24, 2.45) is 0 Å². The second kappa shape index (κ2) is 8.54. The summed E-state index contributed by atoms with van der Waals surface area (Å²) >= 11 is 5.97. The number of aromatic amines is 1. The first-order chi connectivity index (χ1) is 15.0. The van der Waals surface area contributed by atoms with Crippen molar-refractivity contribution in [2.45, 2.75) is 12.1 Å². The second-order valence-corrected chi connectivity index (χ2v) is 6.48. The van der Waals surface area contributed by atoms with Crippen LogP contribution in [0.1, 0.15) is 11.3 Å². The first-order valence-electron chi connectivity index (χ1n) is 8.54. The Hall–Kier alpha value is -3.54. The monoisotopic (exact) mass is 474 g/mol. The molecule has 0 bridgehead atoms. The van der Waals surface area contributed by atoms with Gasteiger partial charge in [0.2, 0.25) is 11.6 Å². The number of aromatic nitrogens is 4. The molecule has 2 heterocycles. The van der Waals surface area contributed by atoms with Gasteiger partial charge in [0.25, 0.3) is 5.56 Å². The highest BCUT2D eigenvalue weighted by molar-refractivity contribution is 6.32. The third-order valence-corrected chi connectivity index (χ3v) is 4.35. The highest BCUT2D eigenvalue weighted by atomic mass is 35.5. The topological polar surface area (TPSA) is 90.0 Å². The van der Waals surface area contributed by atoms with E-state index >= 15 is 0 Å². The maximum Gasteiger partial charge on any atom is 0.459 e. The zero-order valence-electron chi connectivity index (χ0n) is 16.0. The van der Waals surface area contributed by atoms with Crippen LogP contribution >= 0.6 is 11.6 Å². The van der Waals surface area contributed by atoms with Crippen molar-refractivity contribution in [3.63, 3.8) is 0 Å². The molecule has 7 nitrogen and oxygen atoms in total. The molecular formula is C19H12ClF5N4O3. The van der Waals surface area contributed by atoms with Gasteiger partial charge in [0.15, 0.2) is 17.2 Å². The normalized spacial score (nSPS) is 11.8. The predicted molar refractivity (Wildman–Crippen MR) is 104 cm³/mol. The molecular weight excluding hydrogens is 463 g/mol. The molecule has 0 aliphatic rings. The quantitative estimate of drug-likeness (QED) is 0.507. The summed E-state index contributed by atoms with van der Waals surface area (Å²) in [5.41, 5.74) is -3.32. The van der Waals surface area contributed by atoms with Gasteiger partial charge in [-0.25, -0.2) is 15.0 Å². The molecule has 0 aliphatic carbocycles. The lowest BCUT2D eigenvalue weighted by atomic mass is 10.2. The van der Waals surface area contributed by atoms with Gasteiger partial charge in [-0.15, -0.1) is 0 Å². The molecule has 168 valence electrons. The lowest BCUT2D eigenvalue weighted by molar-refractivity contribution is -0.291. The second-order valence-electron chi connectivity index (χ2n) is 6.07. The number of rotatable bonds is 6. The van der Waals surface area contributed by atoms with E-state index in [0.717, 1.165) is 19.4 Å². The van der Waals surface area contributed by atoms with Crippen LogP contribution in [-0.4, -0.2) is 33.2 Å². The number of methoxy groups -OCH3 is 1. The van der Waals surface area contributed by atoms with E-state index in [1.807, 2.05) is 0 Å². The summed E-state index contributed by atoms with van der Waals surface area (Å²) in [6.07, 6.45) is -2.42. The first-order valence-corrected chi connectivity index (χ1v) is 8.92. The third kappa shape index (κ3) is 4.26. The fourth-order valence-electron chi connectivity index (χ4n) is 2.51. The Kier molecular flexibility index (Phi) is 6.17. The SMILES string of the molecule is C=Cc1ccc(Oc2c(C(F)(F)C(F)(F)F)nc(-c3nccnc3OC)[nH]c2=O)cc1Cl. The van der Waals surface area contributed by atoms with Crippen LogP contribution in [0.2, 0.25) is 5.02 Å². The molecule has 13 heteroatoms. The Morgan fingerprint density at radius 2 is 1.84 bits per heavy atom. The summed E-state index contributed by atoms with van der Waals surface area (Å²) in [7, 11) is 1.16. The zero-order chi connectivity index (χ0) is 23.7. The van der Waals surface area contributed by atoms with Crippen molar-refractivity contribution in [1.82, 2.24) is 19.9 Å². The number of ether oxygens (including phenoxy) is 2. The molecule has 3 rings (SSSR count). The molecule has 2 aromatic heterocycles. The minimum Gasteiger partial charge on any atom is -0.479 e. The highest BCUT2D eigenvalue weighted by Crippen LogP contribution is 2.46. The Labute approximate surface area is 181 Å². The summed E-state index contributed by atoms with van der Waals surface area (Å²) in [6.45, 7) is 3.51. The molecule has 3 aromatic rings. The Morgan fingerprint density at radius 3 is 2.44 bits per heavy atom. The summed E-state index contributed by atoms with van der Waals surface area (Å²) in [5.74, 6) is -8.20. The van der Waals surface area contributed by atoms with E-state index in [9.17, 15) is 26.7 Å². The lowest BCUT2D eigenvalue weighted by Crippen LogP contribution is -2.36. The van der Waals surface area contributed by atoms with Crippen molar-refractivity contribution >= 4 is 17.7 Å². The van der Waals surface area contributed by atoms with E-state index in [1.165, 1.54) is 24.4 Å². The van der Waals surface area contributed by atoms with Gasteiger partial charge in [-0.1, -0.05) is 24.3 Å². The number of halogens is 6. The van der Waals surface area contributed by atoms with Crippen LogP contribution in [0.25, 0.3) is 17.6 Å². The fraction of sp³-hybridized carbons (Fsp3) is 0.158. The number of alkyl halides is 5. The van der Waals surface area contributed by atoms with E-state index in [-0.39, 0.29) is 22.3 Å². The molecule has 1 aromatic carbocycles. The molecule has 0 amide bonds. The lowest BCUT2D eigenvalue weighted by Gasteiger charge is -2.21. The van der Waals surface area contributed by atoms with E-state index < -0.39 is 34.9 Å². The number of hydrogen-bond donors (Lipinski definition) is 1. The van der Waals surface area contributed by atoms with Gasteiger partial charge in [-0.3, -0.25) is 4.79 Å². The molecule has 0 radical (unpaired) electrons. The van der Waals surface area contributed by atoms with E-state index in [1.54, 1.807) is 0 Å². The Bertz CT molecular complexity index is 1230. The van der Waals surface area contributed by atoms with Crippen molar-refractivity contribution in [2.75, 3.05) is 7.11 Å². The predicted octanol–water partition coefficient (Wildman–Crippen LogP) is 4.98. The van der Waals surface area contributed by atoms with Crippen molar-refractivity contribution in [3.05, 3.63) is 63.8 Å². The minimum absolute atomic E-state index is 0.0620. The minimum atomic E-state index is -6.08. The molecule has 0 spiro atoms. The molecule has 0 saturated carbocycles. The van der Waals surface area contributed by atoms with Crippen LogP contribution in [0.3, 0.4) is 0 Å². The average molecular weight is 475 g/mol. The van der Waals surface area contributed by atoms with E-state index in [2.05, 4.69) is 26.5 Å². The summed E-state index contributed by atoms with van der Waals surface area (Å²) in [6, 6.07) is 3.69. The average Bonchev–Trinajstić information content (AvgIpc) is 2.74. The van der Waals surface area contributed by atoms with Crippen molar-refractivity contribution in [1.29, 1.82) is 0 Å². The Morgan fingerprint density at radius 1 is 1.16 bits per heavy atom. The van der Waals surface area contributed by atoms with Crippen LogP contribution < -0.4 is 15.0 Å². The van der Waals surface area contributed by atoms with Crippen molar-refractivity contribution in [3.8, 4) is 28.9 Å². The number of nitrogens with one attached hydrogen (secondary N) is 1. The maximum absolute atomic E-state index is 14.4. The van der Waals surface area contributed by atoms with Gasteiger partial charge in [-0.05, 0) is 17.7 Å². The number of benzene rings is 1. The maximum atomic E-state index is 14.4. The zero-order valence-corrected chi connectivity index (χ0v) is 16.8. The largest absolute Gasteiger partial charge is 0.479 e. The molecule has 0 unspecified atom stereocenters. The van der Waals surface area contributed by atoms with Crippen LogP contribution in [-0.2, 0) is 5.92 Å². The molecule has 0 aliphatic heterocycles. The molecule has 0 saturated heterocycles. The summed E-state index contributed by atoms with van der Waals surface area (Å²) in [5, 5.41) is 0.0620. The van der Waals surface area contributed by atoms with Gasteiger partial charge in [0.05, 0.1) is 12.1 Å². The smallest absolute Gasteiger partial charge is 0.459 e. The first kappa shape index (κ1) is 23.1. The van der Waals surface area contributed by atoms with Crippen molar-refractivity contribution < 1.29 is 31.4 Å². The molecule has 1 N–H and O–H groups in total. The third-order valence-electron chi connectivity index (χ3n) is 4.02. The van der Waals surface area contributed by atoms with Gasteiger partial charge in [0, 0.05) is 18.5 Å². The Balaban J connectivity index is 2.24.